The maximum absolute atomic E-state index is 6.27. The molecule has 0 saturated carbocycles. The van der Waals surface area contributed by atoms with Gasteiger partial charge in [0.15, 0.2) is 5.96 Å². The maximum atomic E-state index is 6.27. The molecular weight excluding hydrogens is 469 g/mol. The van der Waals surface area contributed by atoms with Crippen LogP contribution in [0.15, 0.2) is 23.2 Å². The lowest BCUT2D eigenvalue weighted by molar-refractivity contribution is 0.0505. The molecule has 2 rings (SSSR count). The summed E-state index contributed by atoms with van der Waals surface area (Å²) in [5, 5.41) is 7.39. The number of guanidine groups is 1. The molecule has 2 N–H and O–H groups in total. The Morgan fingerprint density at radius 2 is 2.00 bits per heavy atom. The zero-order valence-electron chi connectivity index (χ0n) is 15.6. The van der Waals surface area contributed by atoms with Gasteiger partial charge >= 0.3 is 0 Å². The first kappa shape index (κ1) is 23.3. The second-order valence-corrected chi connectivity index (χ2v) is 6.52. The van der Waals surface area contributed by atoms with Crippen LogP contribution >= 0.6 is 35.6 Å². The summed E-state index contributed by atoms with van der Waals surface area (Å²) in [4.78, 5) is 4.28. The molecule has 0 atom stereocenters. The van der Waals surface area contributed by atoms with Crippen LogP contribution in [0, 0.1) is 0 Å². The minimum absolute atomic E-state index is 0. The van der Waals surface area contributed by atoms with E-state index in [1.54, 1.807) is 21.3 Å². The topological polar surface area (TPSA) is 64.1 Å². The summed E-state index contributed by atoms with van der Waals surface area (Å²) in [6, 6.07) is 5.80. The molecule has 1 aromatic rings. The number of halogens is 2. The Morgan fingerprint density at radius 3 is 2.62 bits per heavy atom. The Balaban J connectivity index is 0.00000338. The fourth-order valence-corrected chi connectivity index (χ4v) is 3.32. The van der Waals surface area contributed by atoms with Gasteiger partial charge in [-0.25, -0.2) is 0 Å². The summed E-state index contributed by atoms with van der Waals surface area (Å²) < 4.78 is 16.3. The molecule has 1 heterocycles. The number of nitrogens with zero attached hydrogens (tertiary/aromatic N) is 1. The largest absolute Gasteiger partial charge is 0.496 e. The number of benzene rings is 1. The summed E-state index contributed by atoms with van der Waals surface area (Å²) in [5.41, 5.74) is 0.999. The van der Waals surface area contributed by atoms with Gasteiger partial charge in [0, 0.05) is 56.5 Å². The first-order chi connectivity index (χ1) is 12.1. The van der Waals surface area contributed by atoms with E-state index in [1.807, 2.05) is 18.2 Å². The summed E-state index contributed by atoms with van der Waals surface area (Å²) in [6.45, 7) is 3.48. The molecule has 0 unspecified atom stereocenters. The van der Waals surface area contributed by atoms with Crippen molar-refractivity contribution in [1.29, 1.82) is 0 Å². The van der Waals surface area contributed by atoms with E-state index in [2.05, 4.69) is 15.6 Å². The molecule has 1 aromatic carbocycles. The minimum Gasteiger partial charge on any atom is -0.496 e. The summed E-state index contributed by atoms with van der Waals surface area (Å²) >= 11 is 6.27. The van der Waals surface area contributed by atoms with Crippen LogP contribution in [-0.2, 0) is 14.9 Å². The highest BCUT2D eigenvalue weighted by atomic mass is 127. The van der Waals surface area contributed by atoms with Crippen molar-refractivity contribution in [1.82, 2.24) is 10.6 Å². The average molecular weight is 498 g/mol. The Morgan fingerprint density at radius 1 is 1.27 bits per heavy atom. The number of rotatable bonds is 7. The molecule has 1 aliphatic heterocycles. The van der Waals surface area contributed by atoms with E-state index in [0.717, 1.165) is 36.7 Å². The van der Waals surface area contributed by atoms with Crippen molar-refractivity contribution in [3.63, 3.8) is 0 Å². The first-order valence-corrected chi connectivity index (χ1v) is 8.88. The van der Waals surface area contributed by atoms with Gasteiger partial charge in [-0.15, -0.1) is 24.0 Å². The summed E-state index contributed by atoms with van der Waals surface area (Å²) in [7, 11) is 5.14. The van der Waals surface area contributed by atoms with E-state index in [-0.39, 0.29) is 29.4 Å². The second kappa shape index (κ2) is 11.8. The van der Waals surface area contributed by atoms with Crippen LogP contribution in [-0.4, -0.2) is 60.1 Å². The number of hydrogen-bond donors (Lipinski definition) is 2. The number of hydrogen-bond acceptors (Lipinski definition) is 4. The highest BCUT2D eigenvalue weighted by Gasteiger charge is 2.37. The maximum Gasteiger partial charge on any atom is 0.191 e. The second-order valence-electron chi connectivity index (χ2n) is 6.08. The molecular formula is C18H29ClIN3O3. The average Bonchev–Trinajstić information content (AvgIpc) is 2.65. The van der Waals surface area contributed by atoms with Gasteiger partial charge in [-0.05, 0) is 31.0 Å². The third-order valence-corrected chi connectivity index (χ3v) is 4.83. The van der Waals surface area contributed by atoms with Gasteiger partial charge < -0.3 is 24.8 Å². The predicted octanol–water partition coefficient (Wildman–Crippen LogP) is 2.83. The molecule has 8 heteroatoms. The molecule has 148 valence electrons. The van der Waals surface area contributed by atoms with Crippen LogP contribution in [0.2, 0.25) is 5.02 Å². The zero-order valence-corrected chi connectivity index (χ0v) is 18.7. The molecule has 0 aromatic heterocycles. The Labute approximate surface area is 178 Å². The molecule has 0 radical (unpaired) electrons. The fourth-order valence-electron chi connectivity index (χ4n) is 3.14. The van der Waals surface area contributed by atoms with Gasteiger partial charge in [0.1, 0.15) is 5.75 Å². The molecule has 0 bridgehead atoms. The lowest BCUT2D eigenvalue weighted by atomic mass is 9.73. The third-order valence-electron chi connectivity index (χ3n) is 4.60. The van der Waals surface area contributed by atoms with Crippen molar-refractivity contribution in [3.05, 3.63) is 28.8 Å². The van der Waals surface area contributed by atoms with E-state index in [1.165, 1.54) is 0 Å². The SMILES string of the molecule is CN=C(NCCOC)NCC1(c2cc(Cl)ccc2OC)CCOCC1.I. The van der Waals surface area contributed by atoms with E-state index in [0.29, 0.717) is 31.4 Å². The van der Waals surface area contributed by atoms with Crippen molar-refractivity contribution in [2.45, 2.75) is 18.3 Å². The van der Waals surface area contributed by atoms with Gasteiger partial charge in [0.2, 0.25) is 0 Å². The van der Waals surface area contributed by atoms with Crippen LogP contribution in [0.3, 0.4) is 0 Å². The van der Waals surface area contributed by atoms with E-state index < -0.39 is 0 Å². The van der Waals surface area contributed by atoms with E-state index >= 15 is 0 Å². The van der Waals surface area contributed by atoms with Crippen molar-refractivity contribution >= 4 is 41.5 Å². The van der Waals surface area contributed by atoms with Crippen LogP contribution in [0.1, 0.15) is 18.4 Å². The molecule has 1 fully saturated rings. The highest BCUT2D eigenvalue weighted by molar-refractivity contribution is 14.0. The lowest BCUT2D eigenvalue weighted by Gasteiger charge is -2.39. The Hall–Kier alpha value is -0.770. The monoisotopic (exact) mass is 497 g/mol. The van der Waals surface area contributed by atoms with Crippen molar-refractivity contribution in [2.24, 2.45) is 4.99 Å². The lowest BCUT2D eigenvalue weighted by Crippen LogP contribution is -2.48. The Kier molecular flexibility index (Phi) is 10.6. The highest BCUT2D eigenvalue weighted by Crippen LogP contribution is 2.40. The molecule has 0 amide bonds. The smallest absolute Gasteiger partial charge is 0.191 e. The molecule has 0 aliphatic carbocycles. The third kappa shape index (κ3) is 6.14. The normalized spacial score (nSPS) is 16.5. The van der Waals surface area contributed by atoms with Crippen LogP contribution in [0.4, 0.5) is 0 Å². The quantitative estimate of drug-likeness (QED) is 0.263. The molecule has 6 nitrogen and oxygen atoms in total. The Bertz CT molecular complexity index is 581. The standard InChI is InChI=1S/C18H28ClN3O3.HI/c1-20-17(21-8-11-23-2)22-13-18(6-9-25-10-7-18)15-12-14(19)4-5-16(15)24-3;/h4-5,12H,6-11,13H2,1-3H3,(H2,20,21,22);1H. The summed E-state index contributed by atoms with van der Waals surface area (Å²) in [6.07, 6.45) is 1.79. The van der Waals surface area contributed by atoms with Gasteiger partial charge in [0.25, 0.3) is 0 Å². The minimum atomic E-state index is -0.118. The van der Waals surface area contributed by atoms with Gasteiger partial charge in [-0.2, -0.15) is 0 Å². The predicted molar refractivity (Wildman–Crippen MR) is 116 cm³/mol. The molecule has 26 heavy (non-hydrogen) atoms. The van der Waals surface area contributed by atoms with E-state index in [4.69, 9.17) is 25.8 Å². The van der Waals surface area contributed by atoms with Gasteiger partial charge in [0.05, 0.1) is 13.7 Å². The zero-order chi connectivity index (χ0) is 18.1. The van der Waals surface area contributed by atoms with Gasteiger partial charge in [-0.1, -0.05) is 11.6 Å². The number of aliphatic imine (C=N–C) groups is 1. The van der Waals surface area contributed by atoms with Crippen LogP contribution in [0.5, 0.6) is 5.75 Å². The van der Waals surface area contributed by atoms with Crippen molar-refractivity contribution in [2.75, 3.05) is 54.2 Å². The molecule has 0 spiro atoms. The fraction of sp³-hybridized carbons (Fsp3) is 0.611. The molecule has 1 saturated heterocycles. The van der Waals surface area contributed by atoms with Crippen molar-refractivity contribution < 1.29 is 14.2 Å². The van der Waals surface area contributed by atoms with Crippen LogP contribution in [0.25, 0.3) is 0 Å². The first-order valence-electron chi connectivity index (χ1n) is 8.50. The van der Waals surface area contributed by atoms with Crippen molar-refractivity contribution in [3.8, 4) is 5.75 Å². The number of ether oxygens (including phenoxy) is 3. The van der Waals surface area contributed by atoms with Crippen LogP contribution < -0.4 is 15.4 Å². The number of nitrogens with one attached hydrogen (secondary N) is 2. The molecule has 1 aliphatic rings. The summed E-state index contributed by atoms with van der Waals surface area (Å²) in [5.74, 6) is 1.61. The number of methoxy groups -OCH3 is 2. The van der Waals surface area contributed by atoms with E-state index in [9.17, 15) is 0 Å². The van der Waals surface area contributed by atoms with Gasteiger partial charge in [-0.3, -0.25) is 4.99 Å².